The van der Waals surface area contributed by atoms with E-state index in [1.165, 1.54) is 12.1 Å². The monoisotopic (exact) mass is 495 g/mol. The molecule has 14 heteroatoms. The number of nitrogens with one attached hydrogen (secondary N) is 1. The zero-order chi connectivity index (χ0) is 24.9. The number of halogens is 3. The van der Waals surface area contributed by atoms with Gasteiger partial charge in [0, 0.05) is 19.6 Å². The number of alkyl halides is 3. The van der Waals surface area contributed by atoms with Crippen LogP contribution in [0.4, 0.5) is 13.2 Å². The van der Waals surface area contributed by atoms with E-state index in [1.54, 1.807) is 0 Å². The van der Waals surface area contributed by atoms with Crippen LogP contribution >= 0.6 is 0 Å². The molecule has 0 spiro atoms. The maximum Gasteiger partial charge on any atom is 0.451 e. The molecule has 1 atom stereocenters. The number of nitrogens with zero attached hydrogens (tertiary/aromatic N) is 1. The number of carboxylic acid groups (broad SMARTS) is 1. The predicted molar refractivity (Wildman–Crippen MR) is 115 cm³/mol. The number of carboxylic acids is 1. The van der Waals surface area contributed by atoms with Crippen LogP contribution in [0.15, 0.2) is 24.3 Å². The number of hydrogen-bond donors (Lipinski definition) is 5. The van der Waals surface area contributed by atoms with Gasteiger partial charge in [0.2, 0.25) is 0 Å². The number of carbonyl (C=O) groups is 1. The van der Waals surface area contributed by atoms with E-state index < -0.39 is 46.5 Å². The van der Waals surface area contributed by atoms with Gasteiger partial charge in [-0.15, -0.1) is 0 Å². The van der Waals surface area contributed by atoms with Crippen LogP contribution < -0.4 is 10.5 Å². The van der Waals surface area contributed by atoms with Crippen LogP contribution in [-0.4, -0.2) is 59.6 Å². The topological polar surface area (TPSA) is 153 Å². The summed E-state index contributed by atoms with van der Waals surface area (Å²) in [5.41, 5.74) is 4.16. The summed E-state index contributed by atoms with van der Waals surface area (Å²) in [7, 11) is -5.39. The van der Waals surface area contributed by atoms with Gasteiger partial charge in [-0.05, 0) is 49.2 Å². The van der Waals surface area contributed by atoms with Gasteiger partial charge in [-0.1, -0.05) is 25.0 Å². The molecule has 2 rings (SSSR count). The van der Waals surface area contributed by atoms with Crippen molar-refractivity contribution in [3.05, 3.63) is 35.4 Å². The molecule has 33 heavy (non-hydrogen) atoms. The van der Waals surface area contributed by atoms with Crippen LogP contribution in [0.1, 0.15) is 43.2 Å². The van der Waals surface area contributed by atoms with Crippen LogP contribution in [0, 0.1) is 5.92 Å². The minimum Gasteiger partial charge on any atom is -0.480 e. The van der Waals surface area contributed by atoms with Crippen molar-refractivity contribution in [2.24, 2.45) is 11.7 Å². The van der Waals surface area contributed by atoms with Gasteiger partial charge in [-0.25, -0.2) is 0 Å². The first-order valence-electron chi connectivity index (χ1n) is 10.5. The van der Waals surface area contributed by atoms with Gasteiger partial charge in [-0.2, -0.15) is 30.6 Å². The highest BCUT2D eigenvalue weighted by atomic mass is 32.2. The quantitative estimate of drug-likeness (QED) is 0.228. The van der Waals surface area contributed by atoms with Gasteiger partial charge in [0.1, 0.15) is 5.54 Å². The molecule has 1 saturated heterocycles. The van der Waals surface area contributed by atoms with Crippen LogP contribution in [0.3, 0.4) is 0 Å². The van der Waals surface area contributed by atoms with Gasteiger partial charge >= 0.3 is 19.3 Å². The van der Waals surface area contributed by atoms with Gasteiger partial charge < -0.3 is 20.9 Å². The molecule has 0 saturated carbocycles. The molecule has 0 aliphatic carbocycles. The second kappa shape index (κ2) is 11.1. The Morgan fingerprint density at radius 2 is 1.73 bits per heavy atom. The Hall–Kier alpha value is -1.71. The third-order valence-electron chi connectivity index (χ3n) is 5.96. The lowest BCUT2D eigenvalue weighted by Crippen LogP contribution is -2.57. The number of piperidine rings is 1. The Labute approximate surface area is 191 Å². The fraction of sp³-hybridized carbons (Fsp3) is 0.632. The zero-order valence-corrected chi connectivity index (χ0v) is 18.8. The maximum atomic E-state index is 12.6. The highest BCUT2D eigenvalue weighted by molar-refractivity contribution is 7.87. The smallest absolute Gasteiger partial charge is 0.451 e. The summed E-state index contributed by atoms with van der Waals surface area (Å²) < 4.78 is 66.6. The molecular weight excluding hydrogens is 466 g/mol. The van der Waals surface area contributed by atoms with E-state index in [2.05, 4.69) is 4.72 Å². The second-order valence-corrected chi connectivity index (χ2v) is 10.0. The van der Waals surface area contributed by atoms with E-state index >= 15 is 0 Å². The first-order valence-corrected chi connectivity index (χ1v) is 12.0. The first kappa shape index (κ1) is 27.5. The molecule has 6 N–H and O–H groups in total. The fourth-order valence-corrected chi connectivity index (χ4v) is 5.14. The van der Waals surface area contributed by atoms with Crippen molar-refractivity contribution in [3.8, 4) is 0 Å². The Kier molecular flexibility index (Phi) is 9.30. The van der Waals surface area contributed by atoms with Gasteiger partial charge in [-0.3, -0.25) is 4.79 Å². The van der Waals surface area contributed by atoms with Crippen molar-refractivity contribution in [3.63, 3.8) is 0 Å². The zero-order valence-electron chi connectivity index (χ0n) is 18.0. The van der Waals surface area contributed by atoms with Gasteiger partial charge in [0.15, 0.2) is 0 Å². The van der Waals surface area contributed by atoms with E-state index in [0.717, 1.165) is 16.4 Å². The molecule has 1 unspecified atom stereocenters. The molecule has 186 valence electrons. The molecule has 1 aliphatic heterocycles. The molecule has 1 heterocycles. The number of unbranched alkanes of at least 4 members (excludes halogenated alkanes) is 1. The Morgan fingerprint density at radius 3 is 2.21 bits per heavy atom. The number of hydrogen-bond acceptors (Lipinski definition) is 6. The summed E-state index contributed by atoms with van der Waals surface area (Å²) in [6, 6.07) is 4.15. The summed E-state index contributed by atoms with van der Waals surface area (Å²) >= 11 is 0. The van der Waals surface area contributed by atoms with Crippen LogP contribution in [0.25, 0.3) is 0 Å². The molecule has 9 nitrogen and oxygen atoms in total. The van der Waals surface area contributed by atoms with E-state index in [0.29, 0.717) is 18.4 Å². The lowest BCUT2D eigenvalue weighted by atomic mass is 9.74. The molecule has 0 aromatic heterocycles. The van der Waals surface area contributed by atoms with E-state index in [9.17, 15) is 31.5 Å². The van der Waals surface area contributed by atoms with Gasteiger partial charge in [0.05, 0.1) is 5.56 Å². The highest BCUT2D eigenvalue weighted by Crippen LogP contribution is 2.32. The summed E-state index contributed by atoms with van der Waals surface area (Å²) in [6.07, 6.45) is -3.01. The van der Waals surface area contributed by atoms with Crippen LogP contribution in [0.5, 0.6) is 0 Å². The van der Waals surface area contributed by atoms with Gasteiger partial charge in [0.25, 0.3) is 10.2 Å². The standard InChI is InChI=1S/C19H29BF3N3O6S/c21-19(22,23)16-5-3-14(4-6-16)13-25-33(31,32)26-11-7-15(8-12-26)18(24,17(27)28)9-1-2-10-20(29)30/h3-6,15,25,29-30H,1-2,7-13,24H2,(H,27,28). The SMILES string of the molecule is NC(CCCCB(O)O)(C(=O)O)C1CCN(S(=O)(=O)NCc2ccc(C(F)(F)F)cc2)CC1. The molecule has 1 fully saturated rings. The largest absolute Gasteiger partial charge is 0.480 e. The molecule has 1 aromatic rings. The number of rotatable bonds is 11. The number of benzene rings is 1. The first-order chi connectivity index (χ1) is 15.3. The average molecular weight is 495 g/mol. The Bertz CT molecular complexity index is 893. The lowest BCUT2D eigenvalue weighted by molar-refractivity contribution is -0.146. The highest BCUT2D eigenvalue weighted by Gasteiger charge is 2.44. The maximum absolute atomic E-state index is 12.6. The minimum atomic E-state index is -4.48. The van der Waals surface area contributed by atoms with Crippen LogP contribution in [0.2, 0.25) is 6.32 Å². The van der Waals surface area contributed by atoms with Crippen molar-refractivity contribution in [2.45, 2.75) is 56.7 Å². The Balaban J connectivity index is 1.91. The average Bonchev–Trinajstić information content (AvgIpc) is 2.74. The van der Waals surface area contributed by atoms with Crippen molar-refractivity contribution < 1.29 is 41.5 Å². The third kappa shape index (κ3) is 7.65. The number of nitrogens with two attached hydrogens (primary N) is 1. The molecule has 0 radical (unpaired) electrons. The van der Waals surface area contributed by atoms with E-state index in [4.69, 9.17) is 15.8 Å². The van der Waals surface area contributed by atoms with Crippen LogP contribution in [-0.2, 0) is 27.7 Å². The van der Waals surface area contributed by atoms with Crippen molar-refractivity contribution in [1.82, 2.24) is 9.03 Å². The summed E-state index contributed by atoms with van der Waals surface area (Å²) in [5, 5.41) is 27.5. The normalized spacial score (nSPS) is 18.1. The summed E-state index contributed by atoms with van der Waals surface area (Å²) in [4.78, 5) is 11.8. The minimum absolute atomic E-state index is 0.0502. The fourth-order valence-electron chi connectivity index (χ4n) is 3.92. The lowest BCUT2D eigenvalue weighted by Gasteiger charge is -2.39. The second-order valence-electron chi connectivity index (χ2n) is 8.27. The molecule has 0 bridgehead atoms. The van der Waals surface area contributed by atoms with Crippen molar-refractivity contribution >= 4 is 23.3 Å². The summed E-state index contributed by atoms with van der Waals surface area (Å²) in [6.45, 7) is -0.0871. The molecule has 1 aromatic carbocycles. The number of aliphatic carboxylic acids is 1. The van der Waals surface area contributed by atoms with Crippen molar-refractivity contribution in [1.29, 1.82) is 0 Å². The Morgan fingerprint density at radius 1 is 1.15 bits per heavy atom. The predicted octanol–water partition coefficient (Wildman–Crippen LogP) is 1.18. The molecule has 0 amide bonds. The summed E-state index contributed by atoms with van der Waals surface area (Å²) in [5.74, 6) is -1.65. The van der Waals surface area contributed by atoms with E-state index in [-0.39, 0.29) is 45.2 Å². The third-order valence-corrected chi connectivity index (χ3v) is 7.52. The van der Waals surface area contributed by atoms with Crippen molar-refractivity contribution in [2.75, 3.05) is 13.1 Å². The molecular formula is C19H29BF3N3O6S. The van der Waals surface area contributed by atoms with E-state index in [1.807, 2.05) is 0 Å². The molecule has 1 aliphatic rings.